The van der Waals surface area contributed by atoms with E-state index in [4.69, 9.17) is 10.5 Å². The van der Waals surface area contributed by atoms with Gasteiger partial charge in [-0.1, -0.05) is 6.92 Å². The lowest BCUT2D eigenvalue weighted by Gasteiger charge is -2.40. The van der Waals surface area contributed by atoms with Crippen molar-refractivity contribution in [1.82, 2.24) is 4.90 Å². The molecule has 1 aliphatic rings. The van der Waals surface area contributed by atoms with Gasteiger partial charge < -0.3 is 10.5 Å². The summed E-state index contributed by atoms with van der Waals surface area (Å²) in [5, 5.41) is 0. The normalized spacial score (nSPS) is 26.8. The van der Waals surface area contributed by atoms with Gasteiger partial charge in [0, 0.05) is 19.7 Å². The van der Waals surface area contributed by atoms with E-state index in [1.807, 2.05) is 0 Å². The molecule has 0 spiro atoms. The molecule has 0 bridgehead atoms. The van der Waals surface area contributed by atoms with Crippen molar-refractivity contribution in [3.8, 4) is 0 Å². The molecule has 3 unspecified atom stereocenters. The molecule has 3 atom stereocenters. The van der Waals surface area contributed by atoms with Crippen LogP contribution in [0.5, 0.6) is 0 Å². The van der Waals surface area contributed by atoms with Crippen molar-refractivity contribution in [2.45, 2.75) is 50.6 Å². The molecule has 0 aromatic rings. The second kappa shape index (κ2) is 6.02. The van der Waals surface area contributed by atoms with Gasteiger partial charge in [-0.3, -0.25) is 4.90 Å². The number of halogens is 3. The molecule has 1 rings (SSSR count). The second-order valence-corrected chi connectivity index (χ2v) is 4.55. The Labute approximate surface area is 100 Å². The first-order valence-corrected chi connectivity index (χ1v) is 5.99. The molecule has 102 valence electrons. The molecule has 6 heteroatoms. The van der Waals surface area contributed by atoms with Gasteiger partial charge >= 0.3 is 6.18 Å². The van der Waals surface area contributed by atoms with Crippen LogP contribution in [0.1, 0.15) is 26.2 Å². The number of ether oxygens (including phenoxy) is 1. The molecule has 17 heavy (non-hydrogen) atoms. The summed E-state index contributed by atoms with van der Waals surface area (Å²) in [7, 11) is 1.54. The van der Waals surface area contributed by atoms with E-state index in [1.165, 1.54) is 12.0 Å². The Morgan fingerprint density at radius 1 is 1.47 bits per heavy atom. The first kappa shape index (κ1) is 14.7. The molecule has 0 amide bonds. The number of nitrogens with zero attached hydrogens (tertiary/aromatic N) is 1. The summed E-state index contributed by atoms with van der Waals surface area (Å²) in [5.41, 5.74) is 5.62. The van der Waals surface area contributed by atoms with Gasteiger partial charge in [0.05, 0.1) is 6.10 Å². The molecule has 0 aromatic heterocycles. The molecular formula is C11H21F3N2O. The van der Waals surface area contributed by atoms with Gasteiger partial charge in [0.1, 0.15) is 6.04 Å². The maximum absolute atomic E-state index is 13.0. The van der Waals surface area contributed by atoms with Crippen LogP contribution >= 0.6 is 0 Å². The van der Waals surface area contributed by atoms with E-state index in [2.05, 4.69) is 0 Å². The molecule has 3 nitrogen and oxygen atoms in total. The third-order valence-corrected chi connectivity index (χ3v) is 3.35. The standard InChI is InChI=1S/C11H21F3N2O/c1-3-9(15)10(11(12,13)14)16-6-4-5-8(7-16)17-2/h8-10H,3-7,15H2,1-2H3. The smallest absolute Gasteiger partial charge is 0.380 e. The van der Waals surface area contributed by atoms with Gasteiger partial charge in [0.15, 0.2) is 0 Å². The highest BCUT2D eigenvalue weighted by Crippen LogP contribution is 2.30. The number of nitrogens with two attached hydrogens (primary N) is 1. The zero-order valence-electron chi connectivity index (χ0n) is 10.3. The van der Waals surface area contributed by atoms with Crippen molar-refractivity contribution in [3.63, 3.8) is 0 Å². The predicted molar refractivity (Wildman–Crippen MR) is 59.7 cm³/mol. The van der Waals surface area contributed by atoms with Gasteiger partial charge in [-0.25, -0.2) is 0 Å². The highest BCUT2D eigenvalue weighted by atomic mass is 19.4. The lowest BCUT2D eigenvalue weighted by Crippen LogP contribution is -2.59. The zero-order chi connectivity index (χ0) is 13.1. The quantitative estimate of drug-likeness (QED) is 0.831. The number of methoxy groups -OCH3 is 1. The Bertz CT molecular complexity index is 235. The van der Waals surface area contributed by atoms with Crippen LogP contribution in [0.25, 0.3) is 0 Å². The Balaban J connectivity index is 2.76. The van der Waals surface area contributed by atoms with Gasteiger partial charge in [-0.15, -0.1) is 0 Å². The third kappa shape index (κ3) is 3.82. The Hall–Kier alpha value is -0.330. The number of hydrogen-bond donors (Lipinski definition) is 1. The molecule has 0 radical (unpaired) electrons. The molecular weight excluding hydrogens is 233 g/mol. The highest BCUT2D eigenvalue weighted by Gasteiger charge is 2.47. The van der Waals surface area contributed by atoms with E-state index in [9.17, 15) is 13.2 Å². The van der Waals surface area contributed by atoms with Gasteiger partial charge in [0.2, 0.25) is 0 Å². The van der Waals surface area contributed by atoms with Crippen molar-refractivity contribution in [3.05, 3.63) is 0 Å². The van der Waals surface area contributed by atoms with Crippen molar-refractivity contribution in [2.75, 3.05) is 20.2 Å². The van der Waals surface area contributed by atoms with E-state index in [-0.39, 0.29) is 6.10 Å². The SMILES string of the molecule is CCC(N)C(N1CCCC(OC)C1)C(F)(F)F. The van der Waals surface area contributed by atoms with E-state index < -0.39 is 18.3 Å². The molecule has 0 aromatic carbocycles. The fourth-order valence-electron chi connectivity index (χ4n) is 2.36. The highest BCUT2D eigenvalue weighted by molar-refractivity contribution is 4.90. The Kier molecular flexibility index (Phi) is 5.22. The molecule has 1 aliphatic heterocycles. The van der Waals surface area contributed by atoms with Crippen LogP contribution in [0, 0.1) is 0 Å². The fraction of sp³-hybridized carbons (Fsp3) is 1.00. The van der Waals surface area contributed by atoms with Crippen molar-refractivity contribution in [2.24, 2.45) is 5.73 Å². The topological polar surface area (TPSA) is 38.5 Å². The van der Waals surface area contributed by atoms with Crippen molar-refractivity contribution in [1.29, 1.82) is 0 Å². The van der Waals surface area contributed by atoms with E-state index in [1.54, 1.807) is 6.92 Å². The molecule has 2 N–H and O–H groups in total. The fourth-order valence-corrected chi connectivity index (χ4v) is 2.36. The van der Waals surface area contributed by atoms with E-state index in [0.717, 1.165) is 12.8 Å². The zero-order valence-corrected chi connectivity index (χ0v) is 10.3. The maximum Gasteiger partial charge on any atom is 0.405 e. The lowest BCUT2D eigenvalue weighted by molar-refractivity contribution is -0.196. The van der Waals surface area contributed by atoms with Gasteiger partial charge in [-0.05, 0) is 25.8 Å². The summed E-state index contributed by atoms with van der Waals surface area (Å²) in [6, 6.07) is -2.42. The lowest BCUT2D eigenvalue weighted by atomic mass is 9.99. The number of alkyl halides is 3. The number of rotatable bonds is 4. The molecule has 1 heterocycles. The summed E-state index contributed by atoms with van der Waals surface area (Å²) in [5.74, 6) is 0. The largest absolute Gasteiger partial charge is 0.405 e. The number of hydrogen-bond acceptors (Lipinski definition) is 3. The third-order valence-electron chi connectivity index (χ3n) is 3.35. The van der Waals surface area contributed by atoms with Gasteiger partial charge in [0.25, 0.3) is 0 Å². The van der Waals surface area contributed by atoms with Crippen LogP contribution in [-0.4, -0.2) is 49.5 Å². The summed E-state index contributed by atoms with van der Waals surface area (Å²) in [4.78, 5) is 1.42. The molecule has 0 aliphatic carbocycles. The average molecular weight is 254 g/mol. The first-order valence-electron chi connectivity index (χ1n) is 5.99. The van der Waals surface area contributed by atoms with Crippen LogP contribution in [0.4, 0.5) is 13.2 Å². The van der Waals surface area contributed by atoms with Crippen molar-refractivity contribution >= 4 is 0 Å². The van der Waals surface area contributed by atoms with Gasteiger partial charge in [-0.2, -0.15) is 13.2 Å². The minimum Gasteiger partial charge on any atom is -0.380 e. The Morgan fingerprint density at radius 3 is 2.59 bits per heavy atom. The van der Waals surface area contributed by atoms with Crippen molar-refractivity contribution < 1.29 is 17.9 Å². The summed E-state index contributed by atoms with van der Waals surface area (Å²) in [6.07, 6.45) is -2.53. The number of likely N-dealkylation sites (tertiary alicyclic amines) is 1. The monoisotopic (exact) mass is 254 g/mol. The Morgan fingerprint density at radius 2 is 2.12 bits per heavy atom. The van der Waals surface area contributed by atoms with E-state index in [0.29, 0.717) is 19.5 Å². The van der Waals surface area contributed by atoms with Crippen LogP contribution in [0.15, 0.2) is 0 Å². The van der Waals surface area contributed by atoms with E-state index >= 15 is 0 Å². The minimum absolute atomic E-state index is 0.113. The predicted octanol–water partition coefficient (Wildman–Crippen LogP) is 1.77. The minimum atomic E-state index is -4.27. The van der Waals surface area contributed by atoms with Crippen LogP contribution < -0.4 is 5.73 Å². The molecule has 1 fully saturated rings. The van der Waals surface area contributed by atoms with Crippen LogP contribution in [0.3, 0.4) is 0 Å². The first-order chi connectivity index (χ1) is 7.90. The summed E-state index contributed by atoms with van der Waals surface area (Å²) in [6.45, 7) is 2.44. The second-order valence-electron chi connectivity index (χ2n) is 4.55. The van der Waals surface area contributed by atoms with Crippen LogP contribution in [-0.2, 0) is 4.74 Å². The summed E-state index contributed by atoms with van der Waals surface area (Å²) >= 11 is 0. The number of piperidine rings is 1. The maximum atomic E-state index is 13.0. The summed E-state index contributed by atoms with van der Waals surface area (Å²) < 4.78 is 44.2. The average Bonchev–Trinajstić information content (AvgIpc) is 2.27. The molecule has 0 saturated carbocycles. The molecule has 1 saturated heterocycles. The van der Waals surface area contributed by atoms with Crippen LogP contribution in [0.2, 0.25) is 0 Å².